The Morgan fingerprint density at radius 2 is 1.86 bits per heavy atom. The number of carbonyl (C=O) groups is 2. The average molecular weight is 408 g/mol. The Kier molecular flexibility index (Phi) is 6.59. The molecule has 0 atom stereocenters. The highest BCUT2D eigenvalue weighted by atomic mass is 35.5. The first-order valence-electron chi connectivity index (χ1n) is 8.94. The summed E-state index contributed by atoms with van der Waals surface area (Å²) in [6.07, 6.45) is 0.713. The molecule has 1 fully saturated rings. The molecule has 0 radical (unpaired) electrons. The predicted octanol–water partition coefficient (Wildman–Crippen LogP) is 3.40. The molecule has 8 heteroatoms. The van der Waals surface area contributed by atoms with Crippen LogP contribution >= 0.6 is 11.6 Å². The van der Waals surface area contributed by atoms with Crippen LogP contribution in [0, 0.1) is 11.6 Å². The maximum atomic E-state index is 13.7. The van der Waals surface area contributed by atoms with Gasteiger partial charge in [0, 0.05) is 42.8 Å². The fourth-order valence-corrected chi connectivity index (χ4v) is 3.31. The van der Waals surface area contributed by atoms with Crippen LogP contribution < -0.4 is 5.32 Å². The number of nitrogens with zero attached hydrogens (tertiary/aromatic N) is 2. The Morgan fingerprint density at radius 1 is 1.04 bits per heavy atom. The normalized spacial score (nSPS) is 15.2. The molecule has 148 valence electrons. The van der Waals surface area contributed by atoms with Crippen molar-refractivity contribution in [2.75, 3.05) is 38.0 Å². The molecular weight excluding hydrogens is 388 g/mol. The number of hydrogen-bond donors (Lipinski definition) is 1. The van der Waals surface area contributed by atoms with E-state index in [0.29, 0.717) is 43.2 Å². The number of anilines is 1. The maximum Gasteiger partial charge on any atom is 0.253 e. The van der Waals surface area contributed by atoms with Crippen molar-refractivity contribution in [2.45, 2.75) is 6.42 Å². The van der Waals surface area contributed by atoms with E-state index in [2.05, 4.69) is 5.32 Å². The molecule has 1 saturated heterocycles. The fourth-order valence-electron chi connectivity index (χ4n) is 3.12. The number of halogens is 3. The molecule has 0 aromatic heterocycles. The molecule has 3 rings (SSSR count). The summed E-state index contributed by atoms with van der Waals surface area (Å²) in [7, 11) is 0. The standard InChI is InChI=1S/C20H20ClF2N3O2/c21-15-4-1-3-14(11-15)20(28)26-8-2-7-25(9-10-26)13-19(27)24-18-6-5-16(22)12-17(18)23/h1,3-6,11-12H,2,7-10,13H2,(H,24,27). The van der Waals surface area contributed by atoms with Crippen LogP contribution in [0.4, 0.5) is 14.5 Å². The first-order valence-corrected chi connectivity index (χ1v) is 9.32. The molecule has 2 amide bonds. The van der Waals surface area contributed by atoms with Crippen LogP contribution in [0.3, 0.4) is 0 Å². The molecule has 5 nitrogen and oxygen atoms in total. The minimum atomic E-state index is -0.817. The minimum absolute atomic E-state index is 0.0565. The summed E-state index contributed by atoms with van der Waals surface area (Å²) < 4.78 is 26.6. The van der Waals surface area contributed by atoms with Gasteiger partial charge in [-0.3, -0.25) is 14.5 Å². The fraction of sp³-hybridized carbons (Fsp3) is 0.300. The molecule has 0 bridgehead atoms. The number of benzene rings is 2. The SMILES string of the molecule is O=C(CN1CCCN(C(=O)c2cccc(Cl)c2)CC1)Nc1ccc(F)cc1F. The zero-order valence-electron chi connectivity index (χ0n) is 15.1. The summed E-state index contributed by atoms with van der Waals surface area (Å²) in [4.78, 5) is 28.5. The molecule has 0 spiro atoms. The average Bonchev–Trinajstić information content (AvgIpc) is 2.89. The second-order valence-corrected chi connectivity index (χ2v) is 7.04. The molecule has 0 saturated carbocycles. The zero-order valence-corrected chi connectivity index (χ0v) is 15.9. The maximum absolute atomic E-state index is 13.7. The van der Waals surface area contributed by atoms with Crippen LogP contribution in [-0.4, -0.2) is 54.3 Å². The van der Waals surface area contributed by atoms with Crippen molar-refractivity contribution < 1.29 is 18.4 Å². The van der Waals surface area contributed by atoms with Crippen LogP contribution in [0.2, 0.25) is 5.02 Å². The van der Waals surface area contributed by atoms with Crippen molar-refractivity contribution >= 4 is 29.1 Å². The van der Waals surface area contributed by atoms with E-state index in [0.717, 1.165) is 12.1 Å². The molecule has 1 aliphatic rings. The largest absolute Gasteiger partial charge is 0.337 e. The van der Waals surface area contributed by atoms with Gasteiger partial charge in [-0.1, -0.05) is 17.7 Å². The van der Waals surface area contributed by atoms with Crippen molar-refractivity contribution in [2.24, 2.45) is 0 Å². The van der Waals surface area contributed by atoms with Crippen molar-refractivity contribution in [3.8, 4) is 0 Å². The van der Waals surface area contributed by atoms with E-state index in [1.54, 1.807) is 29.2 Å². The Balaban J connectivity index is 1.54. The third-order valence-corrected chi connectivity index (χ3v) is 4.75. The van der Waals surface area contributed by atoms with Crippen molar-refractivity contribution in [1.29, 1.82) is 0 Å². The summed E-state index contributed by atoms with van der Waals surface area (Å²) in [5.74, 6) is -2.00. The lowest BCUT2D eigenvalue weighted by Crippen LogP contribution is -2.38. The second kappa shape index (κ2) is 9.12. The Morgan fingerprint density at radius 3 is 2.61 bits per heavy atom. The van der Waals surface area contributed by atoms with Crippen LogP contribution in [0.25, 0.3) is 0 Å². The molecule has 0 unspecified atom stereocenters. The van der Waals surface area contributed by atoms with Gasteiger partial charge in [-0.25, -0.2) is 8.78 Å². The van der Waals surface area contributed by atoms with Gasteiger partial charge in [0.2, 0.25) is 5.91 Å². The monoisotopic (exact) mass is 407 g/mol. The van der Waals surface area contributed by atoms with E-state index in [9.17, 15) is 18.4 Å². The van der Waals surface area contributed by atoms with Gasteiger partial charge in [-0.2, -0.15) is 0 Å². The molecular formula is C20H20ClF2N3O2. The summed E-state index contributed by atoms with van der Waals surface area (Å²) in [5.41, 5.74) is 0.476. The van der Waals surface area contributed by atoms with Gasteiger partial charge in [0.05, 0.1) is 12.2 Å². The van der Waals surface area contributed by atoms with E-state index < -0.39 is 11.6 Å². The number of nitrogens with one attached hydrogen (secondary N) is 1. The van der Waals surface area contributed by atoms with Gasteiger partial charge in [-0.15, -0.1) is 0 Å². The summed E-state index contributed by atoms with van der Waals surface area (Å²) in [5, 5.41) is 2.96. The van der Waals surface area contributed by atoms with E-state index in [-0.39, 0.29) is 24.0 Å². The van der Waals surface area contributed by atoms with Crippen LogP contribution in [0.15, 0.2) is 42.5 Å². The van der Waals surface area contributed by atoms with Gasteiger partial charge in [-0.05, 0) is 36.8 Å². The highest BCUT2D eigenvalue weighted by molar-refractivity contribution is 6.30. The molecule has 1 aliphatic heterocycles. The Labute approximate surface area is 166 Å². The van der Waals surface area contributed by atoms with Gasteiger partial charge in [0.15, 0.2) is 0 Å². The molecule has 28 heavy (non-hydrogen) atoms. The number of hydrogen-bond acceptors (Lipinski definition) is 3. The second-order valence-electron chi connectivity index (χ2n) is 6.60. The molecule has 2 aromatic rings. The minimum Gasteiger partial charge on any atom is -0.337 e. The number of amides is 2. The van der Waals surface area contributed by atoms with E-state index >= 15 is 0 Å². The van der Waals surface area contributed by atoms with E-state index in [1.807, 2.05) is 4.90 Å². The Hall–Kier alpha value is -2.51. The van der Waals surface area contributed by atoms with Gasteiger partial charge >= 0.3 is 0 Å². The lowest BCUT2D eigenvalue weighted by Gasteiger charge is -2.22. The van der Waals surface area contributed by atoms with Crippen LogP contribution in [0.5, 0.6) is 0 Å². The van der Waals surface area contributed by atoms with E-state index in [1.165, 1.54) is 6.07 Å². The molecule has 2 aromatic carbocycles. The third kappa shape index (κ3) is 5.27. The molecule has 1 N–H and O–H groups in total. The molecule has 1 heterocycles. The zero-order chi connectivity index (χ0) is 20.1. The van der Waals surface area contributed by atoms with Gasteiger partial charge in [0.1, 0.15) is 11.6 Å². The first-order chi connectivity index (χ1) is 13.4. The lowest BCUT2D eigenvalue weighted by atomic mass is 10.2. The van der Waals surface area contributed by atoms with Crippen molar-refractivity contribution in [3.63, 3.8) is 0 Å². The van der Waals surface area contributed by atoms with Crippen LogP contribution in [0.1, 0.15) is 16.8 Å². The van der Waals surface area contributed by atoms with Crippen molar-refractivity contribution in [3.05, 3.63) is 64.7 Å². The van der Waals surface area contributed by atoms with E-state index in [4.69, 9.17) is 11.6 Å². The van der Waals surface area contributed by atoms with Gasteiger partial charge < -0.3 is 10.2 Å². The number of rotatable bonds is 4. The summed E-state index contributed by atoms with van der Waals surface area (Å²) >= 11 is 5.96. The highest BCUT2D eigenvalue weighted by Crippen LogP contribution is 2.16. The first kappa shape index (κ1) is 20.2. The van der Waals surface area contributed by atoms with Crippen molar-refractivity contribution in [1.82, 2.24) is 9.80 Å². The van der Waals surface area contributed by atoms with Crippen LogP contribution in [-0.2, 0) is 4.79 Å². The highest BCUT2D eigenvalue weighted by Gasteiger charge is 2.22. The molecule has 0 aliphatic carbocycles. The van der Waals surface area contributed by atoms with Gasteiger partial charge in [0.25, 0.3) is 5.91 Å². The number of carbonyl (C=O) groups excluding carboxylic acids is 2. The lowest BCUT2D eigenvalue weighted by molar-refractivity contribution is -0.117. The topological polar surface area (TPSA) is 52.7 Å². The smallest absolute Gasteiger partial charge is 0.253 e. The third-order valence-electron chi connectivity index (χ3n) is 4.52. The summed E-state index contributed by atoms with van der Waals surface area (Å²) in [6.45, 7) is 2.28. The predicted molar refractivity (Wildman–Crippen MR) is 103 cm³/mol. The summed E-state index contributed by atoms with van der Waals surface area (Å²) in [6, 6.07) is 9.81. The quantitative estimate of drug-likeness (QED) is 0.845. The Bertz CT molecular complexity index is 878.